The van der Waals surface area contributed by atoms with Crippen molar-refractivity contribution in [1.82, 2.24) is 4.57 Å². The summed E-state index contributed by atoms with van der Waals surface area (Å²) in [6.45, 7) is 4.72. The van der Waals surface area contributed by atoms with Crippen molar-refractivity contribution in [3.63, 3.8) is 0 Å². The zero-order chi connectivity index (χ0) is 42.1. The standard InChI is InChI=1S/C61H44N2/c1-61(2)56-20-12-11-19-53(56)54-36-34-50(39-57(54)61)62(48-30-25-45(26-31-48)42-15-7-4-8-16-42)51-35-37-55-59(40-51)63(58-38-29-47-17-9-10-18-52(47)60(55)58)49-32-27-46(28-33-49)44-23-21-43(22-24-44)41-13-5-3-6-14-41/h3-40H,1-2H3. The quantitative estimate of drug-likeness (QED) is 0.156. The van der Waals surface area contributed by atoms with Crippen molar-refractivity contribution in [3.8, 4) is 50.2 Å². The van der Waals surface area contributed by atoms with Crippen molar-refractivity contribution < 1.29 is 0 Å². The molecule has 0 saturated heterocycles. The number of hydrogen-bond donors (Lipinski definition) is 0. The molecular formula is C61H44N2. The first-order valence-corrected chi connectivity index (χ1v) is 21.9. The lowest BCUT2D eigenvalue weighted by atomic mass is 9.82. The molecule has 0 aliphatic heterocycles. The van der Waals surface area contributed by atoms with Crippen LogP contribution in [0.5, 0.6) is 0 Å². The Morgan fingerprint density at radius 2 is 0.857 bits per heavy atom. The third-order valence-corrected chi connectivity index (χ3v) is 13.4. The number of benzene rings is 10. The Kier molecular flexibility index (Phi) is 8.55. The van der Waals surface area contributed by atoms with E-state index in [9.17, 15) is 0 Å². The second-order valence-corrected chi connectivity index (χ2v) is 17.4. The van der Waals surface area contributed by atoms with E-state index >= 15 is 0 Å². The van der Waals surface area contributed by atoms with Gasteiger partial charge in [-0.1, -0.05) is 190 Å². The molecule has 1 aromatic heterocycles. The summed E-state index contributed by atoms with van der Waals surface area (Å²) < 4.78 is 2.46. The van der Waals surface area contributed by atoms with E-state index in [1.165, 1.54) is 88.2 Å². The van der Waals surface area contributed by atoms with Gasteiger partial charge >= 0.3 is 0 Å². The normalized spacial score (nSPS) is 12.7. The van der Waals surface area contributed by atoms with Gasteiger partial charge in [-0.2, -0.15) is 0 Å². The predicted octanol–water partition coefficient (Wildman–Crippen LogP) is 16.7. The van der Waals surface area contributed by atoms with Crippen LogP contribution in [0.1, 0.15) is 25.0 Å². The first-order valence-electron chi connectivity index (χ1n) is 21.9. The second kappa shape index (κ2) is 14.6. The topological polar surface area (TPSA) is 8.17 Å². The van der Waals surface area contributed by atoms with Crippen LogP contribution in [0.15, 0.2) is 231 Å². The van der Waals surface area contributed by atoms with Crippen LogP contribution in [0.25, 0.3) is 82.8 Å². The summed E-state index contributed by atoms with van der Waals surface area (Å²) in [6.07, 6.45) is 0. The molecule has 63 heavy (non-hydrogen) atoms. The van der Waals surface area contributed by atoms with Crippen LogP contribution in [-0.2, 0) is 5.41 Å². The van der Waals surface area contributed by atoms with Crippen molar-refractivity contribution in [2.24, 2.45) is 0 Å². The molecule has 2 nitrogen and oxygen atoms in total. The summed E-state index contributed by atoms with van der Waals surface area (Å²) >= 11 is 0. The molecular weight excluding hydrogens is 761 g/mol. The van der Waals surface area contributed by atoms with Crippen molar-refractivity contribution >= 4 is 49.6 Å². The highest BCUT2D eigenvalue weighted by molar-refractivity contribution is 6.21. The highest BCUT2D eigenvalue weighted by Gasteiger charge is 2.35. The minimum absolute atomic E-state index is 0.127. The van der Waals surface area contributed by atoms with Gasteiger partial charge in [0, 0.05) is 38.9 Å². The molecule has 1 aliphatic rings. The van der Waals surface area contributed by atoms with Gasteiger partial charge in [0.15, 0.2) is 0 Å². The Morgan fingerprint density at radius 3 is 1.54 bits per heavy atom. The number of hydrogen-bond acceptors (Lipinski definition) is 1. The van der Waals surface area contributed by atoms with Crippen LogP contribution in [0.3, 0.4) is 0 Å². The molecule has 0 saturated carbocycles. The largest absolute Gasteiger partial charge is 0.310 e. The van der Waals surface area contributed by atoms with Gasteiger partial charge in [-0.25, -0.2) is 0 Å². The summed E-state index contributed by atoms with van der Waals surface area (Å²) in [5, 5.41) is 5.00. The zero-order valence-electron chi connectivity index (χ0n) is 35.3. The lowest BCUT2D eigenvalue weighted by molar-refractivity contribution is 0.660. The Hall–Kier alpha value is -7.94. The summed E-state index contributed by atoms with van der Waals surface area (Å²) in [6, 6.07) is 84.6. The smallest absolute Gasteiger partial charge is 0.0562 e. The monoisotopic (exact) mass is 804 g/mol. The summed E-state index contributed by atoms with van der Waals surface area (Å²) in [5.74, 6) is 0. The Labute approximate surface area is 368 Å². The third-order valence-electron chi connectivity index (χ3n) is 13.4. The first-order chi connectivity index (χ1) is 31.0. The highest BCUT2D eigenvalue weighted by Crippen LogP contribution is 2.51. The van der Waals surface area contributed by atoms with Crippen molar-refractivity contribution in [1.29, 1.82) is 0 Å². The molecule has 12 rings (SSSR count). The molecule has 0 radical (unpaired) electrons. The minimum Gasteiger partial charge on any atom is -0.310 e. The van der Waals surface area contributed by atoms with E-state index in [-0.39, 0.29) is 5.41 Å². The van der Waals surface area contributed by atoms with Crippen LogP contribution in [0.4, 0.5) is 17.1 Å². The van der Waals surface area contributed by atoms with E-state index in [1.54, 1.807) is 0 Å². The summed E-state index contributed by atoms with van der Waals surface area (Å²) in [4.78, 5) is 2.44. The van der Waals surface area contributed by atoms with Gasteiger partial charge in [0.2, 0.25) is 0 Å². The van der Waals surface area contributed by atoms with E-state index in [1.807, 2.05) is 0 Å². The highest BCUT2D eigenvalue weighted by atomic mass is 15.1. The lowest BCUT2D eigenvalue weighted by Crippen LogP contribution is -2.16. The van der Waals surface area contributed by atoms with Gasteiger partial charge in [-0.05, 0) is 121 Å². The Balaban J connectivity index is 1.03. The van der Waals surface area contributed by atoms with Crippen molar-refractivity contribution in [2.45, 2.75) is 19.3 Å². The maximum atomic E-state index is 2.46. The molecule has 0 N–H and O–H groups in total. The van der Waals surface area contributed by atoms with Gasteiger partial charge < -0.3 is 9.47 Å². The summed E-state index contributed by atoms with van der Waals surface area (Å²) in [5.41, 5.74) is 19.3. The van der Waals surface area contributed by atoms with Gasteiger partial charge in [-0.15, -0.1) is 0 Å². The van der Waals surface area contributed by atoms with E-state index in [4.69, 9.17) is 0 Å². The van der Waals surface area contributed by atoms with Crippen LogP contribution in [0, 0.1) is 0 Å². The van der Waals surface area contributed by atoms with Crippen LogP contribution in [-0.4, -0.2) is 4.57 Å². The Morgan fingerprint density at radius 1 is 0.349 bits per heavy atom. The SMILES string of the molecule is CC1(C)c2ccccc2-c2ccc(N(c3ccc(-c4ccccc4)cc3)c3ccc4c5c6ccccc6ccc5n(-c5ccc(-c6ccc(-c7ccccc7)cc6)cc5)c4c3)cc21. The number of nitrogens with zero attached hydrogens (tertiary/aromatic N) is 2. The maximum absolute atomic E-state index is 2.46. The number of rotatable bonds is 7. The minimum atomic E-state index is -0.127. The molecule has 1 aliphatic carbocycles. The lowest BCUT2D eigenvalue weighted by Gasteiger charge is -2.28. The van der Waals surface area contributed by atoms with E-state index in [0.29, 0.717) is 0 Å². The van der Waals surface area contributed by atoms with Gasteiger partial charge in [0.25, 0.3) is 0 Å². The molecule has 0 amide bonds. The molecule has 0 unspecified atom stereocenters. The van der Waals surface area contributed by atoms with Gasteiger partial charge in [-0.3, -0.25) is 0 Å². The molecule has 0 atom stereocenters. The van der Waals surface area contributed by atoms with E-state index < -0.39 is 0 Å². The molecule has 10 aromatic carbocycles. The van der Waals surface area contributed by atoms with Crippen molar-refractivity contribution in [3.05, 3.63) is 242 Å². The first kappa shape index (κ1) is 36.9. The van der Waals surface area contributed by atoms with Gasteiger partial charge in [0.05, 0.1) is 11.0 Å². The third kappa shape index (κ3) is 6.09. The average molecular weight is 805 g/mol. The fraction of sp³-hybridized carbons (Fsp3) is 0.0492. The molecule has 2 heteroatoms. The van der Waals surface area contributed by atoms with Crippen LogP contribution < -0.4 is 4.90 Å². The van der Waals surface area contributed by atoms with Crippen LogP contribution >= 0.6 is 0 Å². The number of fused-ring (bicyclic) bond motifs is 8. The maximum Gasteiger partial charge on any atom is 0.0562 e. The van der Waals surface area contributed by atoms with E-state index in [0.717, 1.165) is 22.7 Å². The molecule has 0 spiro atoms. The van der Waals surface area contributed by atoms with Crippen LogP contribution in [0.2, 0.25) is 0 Å². The van der Waals surface area contributed by atoms with E-state index in [2.05, 4.69) is 254 Å². The van der Waals surface area contributed by atoms with Crippen molar-refractivity contribution in [2.75, 3.05) is 4.90 Å². The fourth-order valence-electron chi connectivity index (χ4n) is 10.2. The second-order valence-electron chi connectivity index (χ2n) is 17.4. The fourth-order valence-corrected chi connectivity index (χ4v) is 10.2. The van der Waals surface area contributed by atoms with Gasteiger partial charge in [0.1, 0.15) is 0 Å². The molecule has 1 heterocycles. The average Bonchev–Trinajstić information content (AvgIpc) is 3.80. The molecule has 11 aromatic rings. The molecule has 298 valence electrons. The predicted molar refractivity (Wildman–Crippen MR) is 267 cm³/mol. The summed E-state index contributed by atoms with van der Waals surface area (Å²) in [7, 11) is 0. The Bertz CT molecular complexity index is 3490. The zero-order valence-corrected chi connectivity index (χ0v) is 35.3. The number of anilines is 3. The molecule has 0 bridgehead atoms. The number of aromatic nitrogens is 1. The molecule has 0 fully saturated rings.